The van der Waals surface area contributed by atoms with Crippen LogP contribution in [0.4, 0.5) is 0 Å². The molecular formula is C17H34O3. The van der Waals surface area contributed by atoms with Gasteiger partial charge >= 0.3 is 5.97 Å². The first-order valence-corrected chi connectivity index (χ1v) is 8.43. The van der Waals surface area contributed by atoms with Gasteiger partial charge in [0.2, 0.25) is 0 Å². The van der Waals surface area contributed by atoms with E-state index in [1.165, 1.54) is 58.5 Å². The van der Waals surface area contributed by atoms with Crippen LogP contribution >= 0.6 is 0 Å². The van der Waals surface area contributed by atoms with Crippen molar-refractivity contribution in [2.24, 2.45) is 0 Å². The van der Waals surface area contributed by atoms with Gasteiger partial charge in [-0.25, -0.2) is 4.79 Å². The first-order chi connectivity index (χ1) is 9.74. The van der Waals surface area contributed by atoms with Crippen molar-refractivity contribution in [1.82, 2.24) is 0 Å². The maximum atomic E-state index is 11.3. The molecule has 0 aliphatic carbocycles. The van der Waals surface area contributed by atoms with Crippen molar-refractivity contribution in [3.8, 4) is 0 Å². The summed E-state index contributed by atoms with van der Waals surface area (Å²) in [7, 11) is 1.52. The Balaban J connectivity index is 3.40. The fourth-order valence-electron chi connectivity index (χ4n) is 2.37. The summed E-state index contributed by atoms with van der Waals surface area (Å²) in [6.07, 6.45) is 13.9. The van der Waals surface area contributed by atoms with Crippen LogP contribution < -0.4 is 0 Å². The number of rotatable bonds is 14. The van der Waals surface area contributed by atoms with Gasteiger partial charge in [0.1, 0.15) is 12.7 Å². The van der Waals surface area contributed by atoms with E-state index in [0.717, 1.165) is 19.3 Å². The Hall–Kier alpha value is -0.570. The summed E-state index contributed by atoms with van der Waals surface area (Å²) in [5, 5.41) is 0. The van der Waals surface area contributed by atoms with Gasteiger partial charge < -0.3 is 9.47 Å². The van der Waals surface area contributed by atoms with Crippen LogP contribution in [0, 0.1) is 0 Å². The summed E-state index contributed by atoms with van der Waals surface area (Å²) in [6, 6.07) is 0. The van der Waals surface area contributed by atoms with E-state index < -0.39 is 0 Å². The van der Waals surface area contributed by atoms with Gasteiger partial charge in [-0.05, 0) is 19.3 Å². The molecule has 0 aliphatic heterocycles. The van der Waals surface area contributed by atoms with Gasteiger partial charge in [-0.15, -0.1) is 0 Å². The molecule has 3 nitrogen and oxygen atoms in total. The normalized spacial score (nSPS) is 12.3. The van der Waals surface area contributed by atoms with Crippen molar-refractivity contribution in [2.75, 3.05) is 13.7 Å². The predicted molar refractivity (Wildman–Crippen MR) is 83.9 cm³/mol. The van der Waals surface area contributed by atoms with Gasteiger partial charge in [0.05, 0.1) is 0 Å². The fourth-order valence-corrected chi connectivity index (χ4v) is 2.37. The molecule has 0 rings (SSSR count). The molecule has 0 bridgehead atoms. The fraction of sp³-hybridized carbons (Fsp3) is 0.941. The van der Waals surface area contributed by atoms with Crippen LogP contribution in [-0.2, 0) is 14.3 Å². The minimum Gasteiger partial charge on any atom is -0.461 e. The van der Waals surface area contributed by atoms with Crippen molar-refractivity contribution in [3.05, 3.63) is 0 Å². The highest BCUT2D eigenvalue weighted by Crippen LogP contribution is 2.14. The Morgan fingerprint density at radius 2 is 1.45 bits per heavy atom. The standard InChI is InChI=1S/C17H34O3/c1-4-6-7-8-9-10-11-12-13-14-16(5-2)20-17(18)15-19-3/h16H,4-15H2,1-3H3. The third-order valence-corrected chi connectivity index (χ3v) is 3.65. The molecule has 0 aromatic heterocycles. The molecule has 120 valence electrons. The van der Waals surface area contributed by atoms with Crippen LogP contribution in [0.5, 0.6) is 0 Å². The molecule has 1 atom stereocenters. The lowest BCUT2D eigenvalue weighted by Crippen LogP contribution is -2.20. The average Bonchev–Trinajstić information content (AvgIpc) is 2.44. The number of methoxy groups -OCH3 is 1. The van der Waals surface area contributed by atoms with Crippen molar-refractivity contribution in [3.63, 3.8) is 0 Å². The quantitative estimate of drug-likeness (QED) is 0.337. The zero-order valence-corrected chi connectivity index (χ0v) is 13.8. The van der Waals surface area contributed by atoms with Gasteiger partial charge in [0.25, 0.3) is 0 Å². The van der Waals surface area contributed by atoms with E-state index in [9.17, 15) is 4.79 Å². The molecule has 0 aromatic carbocycles. The zero-order valence-electron chi connectivity index (χ0n) is 13.8. The Labute approximate surface area is 125 Å². The second-order valence-corrected chi connectivity index (χ2v) is 5.57. The molecule has 0 spiro atoms. The first-order valence-electron chi connectivity index (χ1n) is 8.43. The van der Waals surface area contributed by atoms with Crippen LogP contribution in [0.1, 0.15) is 84.5 Å². The molecule has 20 heavy (non-hydrogen) atoms. The Morgan fingerprint density at radius 3 is 1.95 bits per heavy atom. The molecule has 0 saturated carbocycles. The SMILES string of the molecule is CCCCCCCCCCCC(CC)OC(=O)COC. The highest BCUT2D eigenvalue weighted by atomic mass is 16.6. The lowest BCUT2D eigenvalue weighted by molar-refractivity contribution is -0.153. The molecule has 0 amide bonds. The molecular weight excluding hydrogens is 252 g/mol. The maximum absolute atomic E-state index is 11.3. The topological polar surface area (TPSA) is 35.5 Å². The van der Waals surface area contributed by atoms with Crippen molar-refractivity contribution < 1.29 is 14.3 Å². The molecule has 0 saturated heterocycles. The van der Waals surface area contributed by atoms with E-state index in [2.05, 4.69) is 13.8 Å². The van der Waals surface area contributed by atoms with Gasteiger partial charge in [-0.1, -0.05) is 65.2 Å². The average molecular weight is 286 g/mol. The van der Waals surface area contributed by atoms with Crippen molar-refractivity contribution in [2.45, 2.75) is 90.6 Å². The van der Waals surface area contributed by atoms with Crippen LogP contribution in [-0.4, -0.2) is 25.8 Å². The Morgan fingerprint density at radius 1 is 0.900 bits per heavy atom. The highest BCUT2D eigenvalue weighted by molar-refractivity contribution is 5.70. The number of hydrogen-bond acceptors (Lipinski definition) is 3. The minimum absolute atomic E-state index is 0.0637. The van der Waals surface area contributed by atoms with Gasteiger partial charge in [0.15, 0.2) is 0 Å². The van der Waals surface area contributed by atoms with Crippen molar-refractivity contribution in [1.29, 1.82) is 0 Å². The van der Waals surface area contributed by atoms with Crippen LogP contribution in [0.2, 0.25) is 0 Å². The van der Waals surface area contributed by atoms with Crippen molar-refractivity contribution >= 4 is 5.97 Å². The summed E-state index contributed by atoms with van der Waals surface area (Å²) in [5.41, 5.74) is 0. The zero-order chi connectivity index (χ0) is 15.1. The molecule has 0 radical (unpaired) electrons. The predicted octanol–water partition coefficient (Wildman–Crippen LogP) is 4.88. The smallest absolute Gasteiger partial charge is 0.332 e. The largest absolute Gasteiger partial charge is 0.461 e. The second kappa shape index (κ2) is 14.8. The third kappa shape index (κ3) is 12.5. The molecule has 0 fully saturated rings. The summed E-state index contributed by atoms with van der Waals surface area (Å²) in [6.45, 7) is 4.39. The van der Waals surface area contributed by atoms with E-state index in [0.29, 0.717) is 0 Å². The molecule has 3 heteroatoms. The van der Waals surface area contributed by atoms with Crippen LogP contribution in [0.25, 0.3) is 0 Å². The summed E-state index contributed by atoms with van der Waals surface area (Å²) >= 11 is 0. The lowest BCUT2D eigenvalue weighted by Gasteiger charge is -2.15. The van der Waals surface area contributed by atoms with Crippen LogP contribution in [0.3, 0.4) is 0 Å². The van der Waals surface area contributed by atoms with E-state index in [-0.39, 0.29) is 18.7 Å². The Kier molecular flexibility index (Phi) is 14.4. The monoisotopic (exact) mass is 286 g/mol. The number of carbonyl (C=O) groups is 1. The van der Waals surface area contributed by atoms with Crippen LogP contribution in [0.15, 0.2) is 0 Å². The number of hydrogen-bond donors (Lipinski definition) is 0. The number of carbonyl (C=O) groups excluding carboxylic acids is 1. The van der Waals surface area contributed by atoms with E-state index in [1.54, 1.807) is 0 Å². The lowest BCUT2D eigenvalue weighted by atomic mass is 10.0. The molecule has 0 aliphatic rings. The second-order valence-electron chi connectivity index (χ2n) is 5.57. The van der Waals surface area contributed by atoms with Gasteiger partial charge in [-0.2, -0.15) is 0 Å². The minimum atomic E-state index is -0.240. The number of ether oxygens (including phenoxy) is 2. The Bertz CT molecular complexity index is 216. The number of unbranched alkanes of at least 4 members (excludes halogenated alkanes) is 8. The summed E-state index contributed by atoms with van der Waals surface area (Å²) in [4.78, 5) is 11.3. The molecule has 0 heterocycles. The highest BCUT2D eigenvalue weighted by Gasteiger charge is 2.11. The molecule has 0 aromatic rings. The summed E-state index contributed by atoms with van der Waals surface area (Å²) in [5.74, 6) is -0.240. The third-order valence-electron chi connectivity index (χ3n) is 3.65. The van der Waals surface area contributed by atoms with E-state index in [4.69, 9.17) is 9.47 Å². The first kappa shape index (κ1) is 19.4. The van der Waals surface area contributed by atoms with Gasteiger partial charge in [0, 0.05) is 7.11 Å². The maximum Gasteiger partial charge on any atom is 0.332 e. The summed E-state index contributed by atoms with van der Waals surface area (Å²) < 4.78 is 10.1. The van der Waals surface area contributed by atoms with E-state index in [1.807, 2.05) is 0 Å². The number of esters is 1. The molecule has 1 unspecified atom stereocenters. The van der Waals surface area contributed by atoms with E-state index >= 15 is 0 Å². The molecule has 0 N–H and O–H groups in total. The van der Waals surface area contributed by atoms with Gasteiger partial charge in [-0.3, -0.25) is 0 Å².